The van der Waals surface area contributed by atoms with E-state index in [1.165, 1.54) is 0 Å². The Morgan fingerprint density at radius 2 is 1.92 bits per heavy atom. The van der Waals surface area contributed by atoms with E-state index in [0.29, 0.717) is 12.2 Å². The Hall–Kier alpha value is -1.78. The Kier molecular flexibility index (Phi) is 1.86. The first-order valence-corrected chi connectivity index (χ1v) is 2.93. The molecule has 0 spiro atoms. The molecule has 1 aliphatic carbocycles. The van der Waals surface area contributed by atoms with Gasteiger partial charge in [0.25, 0.3) is 0 Å². The number of hydrogen-bond donors (Lipinski definition) is 1. The number of carbonyl (C=O) groups is 3. The lowest BCUT2D eigenvalue weighted by atomic mass is 10.0. The summed E-state index contributed by atoms with van der Waals surface area (Å²) < 4.78 is 12.4. The quantitative estimate of drug-likeness (QED) is 0.444. The highest BCUT2D eigenvalue weighted by Crippen LogP contribution is 2.13. The van der Waals surface area contributed by atoms with Crippen LogP contribution < -0.4 is 0 Å². The van der Waals surface area contributed by atoms with Crippen molar-refractivity contribution in [2.24, 2.45) is 0 Å². The molecule has 0 aromatic rings. The highest BCUT2D eigenvalue weighted by atomic mass is 19.1. The van der Waals surface area contributed by atoms with Crippen LogP contribution in [0.4, 0.5) is 4.39 Å². The number of carbonyl (C=O) groups excluding carboxylic acids is 2. The van der Waals surface area contributed by atoms with Gasteiger partial charge in [-0.05, 0) is 0 Å². The van der Waals surface area contributed by atoms with Gasteiger partial charge < -0.3 is 5.11 Å². The average molecular weight is 170 g/mol. The maximum Gasteiger partial charge on any atom is 0.339 e. The lowest BCUT2D eigenvalue weighted by Gasteiger charge is -2.02. The van der Waals surface area contributed by atoms with Crippen molar-refractivity contribution in [3.05, 3.63) is 23.6 Å². The Morgan fingerprint density at radius 1 is 1.33 bits per heavy atom. The van der Waals surface area contributed by atoms with Crippen molar-refractivity contribution in [1.82, 2.24) is 0 Å². The zero-order chi connectivity index (χ0) is 9.30. The van der Waals surface area contributed by atoms with Gasteiger partial charge in [0.2, 0.25) is 5.78 Å². The van der Waals surface area contributed by atoms with Crippen LogP contribution in [0.1, 0.15) is 0 Å². The molecular weight excluding hydrogens is 167 g/mol. The monoisotopic (exact) mass is 170 g/mol. The Balaban J connectivity index is 3.12. The van der Waals surface area contributed by atoms with Gasteiger partial charge in [-0.3, -0.25) is 9.59 Å². The van der Waals surface area contributed by atoms with Gasteiger partial charge in [0.1, 0.15) is 5.57 Å². The molecule has 0 fully saturated rings. The van der Waals surface area contributed by atoms with Gasteiger partial charge in [0, 0.05) is 12.2 Å². The minimum atomic E-state index is -1.60. The molecule has 12 heavy (non-hydrogen) atoms. The van der Waals surface area contributed by atoms with Gasteiger partial charge in [-0.2, -0.15) is 0 Å². The van der Waals surface area contributed by atoms with Crippen LogP contribution in [0.15, 0.2) is 23.6 Å². The highest BCUT2D eigenvalue weighted by molar-refractivity contribution is 6.29. The SMILES string of the molecule is O=C1C=C(F)C(=O)C(C(=O)O)=C1. The van der Waals surface area contributed by atoms with E-state index in [-0.39, 0.29) is 0 Å². The number of allylic oxidation sites excluding steroid dienone is 3. The summed E-state index contributed by atoms with van der Waals surface area (Å²) in [4.78, 5) is 31.4. The average Bonchev–Trinajstić information content (AvgIpc) is 1.96. The molecule has 62 valence electrons. The van der Waals surface area contributed by atoms with Crippen LogP contribution in [-0.4, -0.2) is 22.6 Å². The topological polar surface area (TPSA) is 71.4 Å². The maximum atomic E-state index is 12.4. The predicted octanol–water partition coefficient (Wildman–Crippen LogP) is 0.00260. The second-order valence-electron chi connectivity index (χ2n) is 2.09. The van der Waals surface area contributed by atoms with Gasteiger partial charge in [-0.1, -0.05) is 0 Å². The molecule has 5 heteroatoms. The molecule has 0 unspecified atom stereocenters. The second kappa shape index (κ2) is 2.69. The molecule has 0 amide bonds. The first-order valence-electron chi connectivity index (χ1n) is 2.93. The van der Waals surface area contributed by atoms with E-state index < -0.39 is 28.9 Å². The molecule has 0 atom stereocenters. The number of hydrogen-bond acceptors (Lipinski definition) is 3. The summed E-state index contributed by atoms with van der Waals surface area (Å²) in [6.45, 7) is 0. The number of aliphatic carboxylic acids is 1. The number of Topliss-reactive ketones (excluding diaryl/α,β-unsaturated/α-hetero) is 1. The maximum absolute atomic E-state index is 12.4. The zero-order valence-electron chi connectivity index (χ0n) is 5.70. The highest BCUT2D eigenvalue weighted by Gasteiger charge is 2.26. The summed E-state index contributed by atoms with van der Waals surface area (Å²) in [7, 11) is 0. The van der Waals surface area contributed by atoms with E-state index in [9.17, 15) is 18.8 Å². The van der Waals surface area contributed by atoms with Crippen molar-refractivity contribution in [2.45, 2.75) is 0 Å². The molecule has 0 aromatic carbocycles. The Bertz CT molecular complexity index is 337. The molecule has 0 aromatic heterocycles. The molecule has 1 rings (SSSR count). The number of halogens is 1. The van der Waals surface area contributed by atoms with Crippen LogP contribution >= 0.6 is 0 Å². The normalized spacial score (nSPS) is 17.1. The largest absolute Gasteiger partial charge is 0.478 e. The number of carboxylic acid groups (broad SMARTS) is 1. The second-order valence-corrected chi connectivity index (χ2v) is 2.09. The molecule has 0 heterocycles. The third kappa shape index (κ3) is 1.29. The minimum absolute atomic E-state index is 0.453. The molecule has 0 radical (unpaired) electrons. The van der Waals surface area contributed by atoms with Crippen molar-refractivity contribution in [3.8, 4) is 0 Å². The summed E-state index contributed by atoms with van der Waals surface area (Å²) in [6.07, 6.45) is 1.04. The van der Waals surface area contributed by atoms with Crippen LogP contribution in [0.3, 0.4) is 0 Å². The van der Waals surface area contributed by atoms with E-state index in [2.05, 4.69) is 0 Å². The van der Waals surface area contributed by atoms with Gasteiger partial charge >= 0.3 is 5.97 Å². The minimum Gasteiger partial charge on any atom is -0.478 e. The Morgan fingerprint density at radius 3 is 2.42 bits per heavy atom. The molecular formula is C7H3FO4. The molecule has 0 aliphatic heterocycles. The van der Waals surface area contributed by atoms with Crippen molar-refractivity contribution in [1.29, 1.82) is 0 Å². The van der Waals surface area contributed by atoms with Crippen LogP contribution in [0.5, 0.6) is 0 Å². The summed E-state index contributed by atoms with van der Waals surface area (Å²) in [5.74, 6) is -5.02. The summed E-state index contributed by atoms with van der Waals surface area (Å²) >= 11 is 0. The smallest absolute Gasteiger partial charge is 0.339 e. The molecule has 1 aliphatic rings. The standard InChI is InChI=1S/C7H3FO4/c8-5-2-3(9)1-4(6(5)10)7(11)12/h1-2H,(H,11,12). The number of carboxylic acids is 1. The van der Waals surface area contributed by atoms with E-state index >= 15 is 0 Å². The third-order valence-electron chi connectivity index (χ3n) is 1.25. The van der Waals surface area contributed by atoms with E-state index in [1.807, 2.05) is 0 Å². The van der Waals surface area contributed by atoms with Crippen LogP contribution in [0.2, 0.25) is 0 Å². The van der Waals surface area contributed by atoms with E-state index in [1.54, 1.807) is 0 Å². The molecule has 4 nitrogen and oxygen atoms in total. The molecule has 1 N–H and O–H groups in total. The van der Waals surface area contributed by atoms with E-state index in [0.717, 1.165) is 0 Å². The third-order valence-corrected chi connectivity index (χ3v) is 1.25. The lowest BCUT2D eigenvalue weighted by Crippen LogP contribution is -2.18. The zero-order valence-corrected chi connectivity index (χ0v) is 5.70. The van der Waals surface area contributed by atoms with Gasteiger partial charge in [-0.15, -0.1) is 0 Å². The van der Waals surface area contributed by atoms with Crippen LogP contribution in [0, 0.1) is 0 Å². The van der Waals surface area contributed by atoms with Crippen molar-refractivity contribution in [2.75, 3.05) is 0 Å². The van der Waals surface area contributed by atoms with Crippen LogP contribution in [0.25, 0.3) is 0 Å². The fraction of sp³-hybridized carbons (Fsp3) is 0. The number of ketones is 2. The molecule has 0 saturated heterocycles. The first-order chi connectivity index (χ1) is 5.52. The first kappa shape index (κ1) is 8.32. The van der Waals surface area contributed by atoms with Gasteiger partial charge in [-0.25, -0.2) is 9.18 Å². The Labute approximate surface area is 66.0 Å². The van der Waals surface area contributed by atoms with Crippen LogP contribution in [-0.2, 0) is 14.4 Å². The summed E-state index contributed by atoms with van der Waals surface area (Å²) in [5.41, 5.74) is -0.833. The van der Waals surface area contributed by atoms with Crippen molar-refractivity contribution >= 4 is 17.5 Å². The van der Waals surface area contributed by atoms with Gasteiger partial charge in [0.05, 0.1) is 0 Å². The van der Waals surface area contributed by atoms with Gasteiger partial charge in [0.15, 0.2) is 11.6 Å². The molecule has 0 saturated carbocycles. The fourth-order valence-electron chi connectivity index (χ4n) is 0.727. The lowest BCUT2D eigenvalue weighted by molar-refractivity contribution is -0.134. The van der Waals surface area contributed by atoms with Crippen molar-refractivity contribution < 1.29 is 23.9 Å². The summed E-state index contributed by atoms with van der Waals surface area (Å²) in [5, 5.41) is 8.31. The van der Waals surface area contributed by atoms with E-state index in [4.69, 9.17) is 5.11 Å². The summed E-state index contributed by atoms with van der Waals surface area (Å²) in [6, 6.07) is 0. The van der Waals surface area contributed by atoms with Crippen molar-refractivity contribution in [3.63, 3.8) is 0 Å². The predicted molar refractivity (Wildman–Crippen MR) is 34.9 cm³/mol. The fourth-order valence-corrected chi connectivity index (χ4v) is 0.727. The number of rotatable bonds is 1. The molecule has 0 bridgehead atoms.